The van der Waals surface area contributed by atoms with Crippen LogP contribution in [0.25, 0.3) is 0 Å². The minimum atomic E-state index is -0.695. The number of rotatable bonds is 2. The van der Waals surface area contributed by atoms with Gasteiger partial charge in [0.2, 0.25) is 5.91 Å². The zero-order valence-corrected chi connectivity index (χ0v) is 12.2. The number of hydrogen-bond donors (Lipinski definition) is 2. The Balaban J connectivity index is 1.81. The lowest BCUT2D eigenvalue weighted by Crippen LogP contribution is -2.54. The number of fused-ring (bicyclic) bond motifs is 1. The van der Waals surface area contributed by atoms with Crippen LogP contribution in [0.15, 0.2) is 18.2 Å². The molecular formula is C16H21FN2O2. The van der Waals surface area contributed by atoms with Gasteiger partial charge in [0.25, 0.3) is 0 Å². The number of piperidine rings is 2. The second-order valence-corrected chi connectivity index (χ2v) is 6.09. The summed E-state index contributed by atoms with van der Waals surface area (Å²) < 4.78 is 13.4. The fraction of sp³-hybridized carbons (Fsp3) is 0.562. The molecule has 5 heteroatoms. The molecule has 114 valence electrons. The van der Waals surface area contributed by atoms with Crippen LogP contribution < -0.4 is 10.2 Å². The maximum Gasteiger partial charge on any atom is 0.220 e. The van der Waals surface area contributed by atoms with Crippen molar-refractivity contribution in [3.8, 4) is 0 Å². The quantitative estimate of drug-likeness (QED) is 0.876. The van der Waals surface area contributed by atoms with Gasteiger partial charge in [0.1, 0.15) is 5.82 Å². The van der Waals surface area contributed by atoms with E-state index in [9.17, 15) is 14.3 Å². The van der Waals surface area contributed by atoms with Crippen LogP contribution in [0.4, 0.5) is 10.1 Å². The summed E-state index contributed by atoms with van der Waals surface area (Å²) in [5.41, 5.74) is 1.54. The summed E-state index contributed by atoms with van der Waals surface area (Å²) in [4.78, 5) is 13.7. The Hall–Kier alpha value is -1.62. The average Bonchev–Trinajstić information content (AvgIpc) is 2.46. The molecule has 0 aromatic heterocycles. The Morgan fingerprint density at radius 3 is 3.00 bits per heavy atom. The highest BCUT2D eigenvalue weighted by Crippen LogP contribution is 2.33. The van der Waals surface area contributed by atoms with E-state index in [1.54, 1.807) is 13.0 Å². The molecule has 0 radical (unpaired) electrons. The number of benzene rings is 1. The van der Waals surface area contributed by atoms with Gasteiger partial charge in [0.15, 0.2) is 0 Å². The van der Waals surface area contributed by atoms with Crippen LogP contribution in [0.5, 0.6) is 0 Å². The fourth-order valence-electron chi connectivity index (χ4n) is 3.48. The van der Waals surface area contributed by atoms with E-state index in [2.05, 4.69) is 10.2 Å². The van der Waals surface area contributed by atoms with Gasteiger partial charge in [-0.25, -0.2) is 4.39 Å². The molecule has 1 aromatic carbocycles. The molecule has 0 aliphatic carbocycles. The third-order valence-corrected chi connectivity index (χ3v) is 4.60. The van der Waals surface area contributed by atoms with Crippen molar-refractivity contribution in [2.24, 2.45) is 5.92 Å². The monoisotopic (exact) mass is 292 g/mol. The van der Waals surface area contributed by atoms with Crippen LogP contribution >= 0.6 is 0 Å². The molecule has 2 N–H and O–H groups in total. The molecule has 3 atom stereocenters. The molecule has 3 rings (SSSR count). The van der Waals surface area contributed by atoms with Crippen molar-refractivity contribution >= 4 is 11.6 Å². The minimum Gasteiger partial charge on any atom is -0.389 e. The van der Waals surface area contributed by atoms with Crippen molar-refractivity contribution in [2.75, 3.05) is 18.0 Å². The largest absolute Gasteiger partial charge is 0.389 e. The van der Waals surface area contributed by atoms with E-state index >= 15 is 0 Å². The van der Waals surface area contributed by atoms with Gasteiger partial charge < -0.3 is 15.3 Å². The molecule has 4 nitrogen and oxygen atoms in total. The van der Waals surface area contributed by atoms with E-state index in [4.69, 9.17) is 0 Å². The Morgan fingerprint density at radius 2 is 2.24 bits per heavy atom. The number of amides is 1. The van der Waals surface area contributed by atoms with Crippen LogP contribution in [0, 0.1) is 11.7 Å². The van der Waals surface area contributed by atoms with Gasteiger partial charge in [0.05, 0.1) is 6.10 Å². The van der Waals surface area contributed by atoms with Gasteiger partial charge in [-0.3, -0.25) is 4.79 Å². The van der Waals surface area contributed by atoms with Crippen LogP contribution in [0.3, 0.4) is 0 Å². The molecule has 21 heavy (non-hydrogen) atoms. The van der Waals surface area contributed by atoms with E-state index in [0.717, 1.165) is 31.6 Å². The molecule has 2 fully saturated rings. The number of aliphatic hydroxyl groups is 1. The lowest BCUT2D eigenvalue weighted by atomic mass is 9.84. The first kappa shape index (κ1) is 14.3. The summed E-state index contributed by atoms with van der Waals surface area (Å²) >= 11 is 0. The maximum atomic E-state index is 13.4. The number of halogens is 1. The first-order chi connectivity index (χ1) is 10.0. The second kappa shape index (κ2) is 5.64. The van der Waals surface area contributed by atoms with Crippen molar-refractivity contribution in [3.63, 3.8) is 0 Å². The SMILES string of the molecule is C[C@@H](O)c1cc(F)ccc1N1CCC2NC(=O)CCC2C1. The number of carbonyl (C=O) groups excluding carboxylic acids is 1. The number of nitrogens with zero attached hydrogens (tertiary/aromatic N) is 1. The third-order valence-electron chi connectivity index (χ3n) is 4.60. The highest BCUT2D eigenvalue weighted by atomic mass is 19.1. The molecular weight excluding hydrogens is 271 g/mol. The van der Waals surface area contributed by atoms with Gasteiger partial charge in [-0.05, 0) is 43.9 Å². The maximum absolute atomic E-state index is 13.4. The second-order valence-electron chi connectivity index (χ2n) is 6.09. The smallest absolute Gasteiger partial charge is 0.220 e. The minimum absolute atomic E-state index is 0.149. The zero-order chi connectivity index (χ0) is 15.0. The van der Waals surface area contributed by atoms with Gasteiger partial charge in [-0.1, -0.05) is 0 Å². The first-order valence-electron chi connectivity index (χ1n) is 7.56. The number of hydrogen-bond acceptors (Lipinski definition) is 3. The Kier molecular flexibility index (Phi) is 3.85. The Bertz CT molecular complexity index is 547. The zero-order valence-electron chi connectivity index (χ0n) is 12.2. The topological polar surface area (TPSA) is 52.6 Å². The van der Waals surface area contributed by atoms with Crippen molar-refractivity contribution < 1.29 is 14.3 Å². The number of nitrogens with one attached hydrogen (secondary N) is 1. The predicted octanol–water partition coefficient (Wildman–Crippen LogP) is 1.98. The average molecular weight is 292 g/mol. The molecule has 1 aromatic rings. The lowest BCUT2D eigenvalue weighted by Gasteiger charge is -2.43. The highest BCUT2D eigenvalue weighted by molar-refractivity contribution is 5.77. The highest BCUT2D eigenvalue weighted by Gasteiger charge is 2.34. The summed E-state index contributed by atoms with van der Waals surface area (Å²) in [6, 6.07) is 4.86. The van der Waals surface area contributed by atoms with Crippen LogP contribution in [0.1, 0.15) is 37.9 Å². The lowest BCUT2D eigenvalue weighted by molar-refractivity contribution is -0.124. The van der Waals surface area contributed by atoms with Crippen molar-refractivity contribution in [1.29, 1.82) is 0 Å². The van der Waals surface area contributed by atoms with Gasteiger partial charge in [-0.2, -0.15) is 0 Å². The number of carbonyl (C=O) groups is 1. The van der Waals surface area contributed by atoms with Crippen LogP contribution in [0.2, 0.25) is 0 Å². The van der Waals surface area contributed by atoms with E-state index in [1.165, 1.54) is 12.1 Å². The molecule has 1 amide bonds. The molecule has 2 aliphatic heterocycles. The van der Waals surface area contributed by atoms with E-state index in [1.807, 2.05) is 0 Å². The molecule has 0 bridgehead atoms. The summed E-state index contributed by atoms with van der Waals surface area (Å²) in [6.45, 7) is 3.31. The van der Waals surface area contributed by atoms with Crippen LogP contribution in [-0.4, -0.2) is 30.1 Å². The standard InChI is InChI=1S/C16H21FN2O2/c1-10(20)13-8-12(17)3-4-15(13)19-7-6-14-11(9-19)2-5-16(21)18-14/h3-4,8,10-11,14,20H,2,5-7,9H2,1H3,(H,18,21)/t10-,11?,14?/m1/s1. The van der Waals surface area contributed by atoms with Crippen molar-refractivity contribution in [1.82, 2.24) is 5.32 Å². The fourth-order valence-corrected chi connectivity index (χ4v) is 3.48. The van der Waals surface area contributed by atoms with E-state index in [0.29, 0.717) is 17.9 Å². The summed E-state index contributed by atoms with van der Waals surface area (Å²) in [7, 11) is 0. The van der Waals surface area contributed by atoms with Crippen molar-refractivity contribution in [3.05, 3.63) is 29.6 Å². The summed E-state index contributed by atoms with van der Waals surface area (Å²) in [5.74, 6) is 0.258. The number of anilines is 1. The molecule has 0 saturated carbocycles. The van der Waals surface area contributed by atoms with E-state index < -0.39 is 6.10 Å². The molecule has 0 spiro atoms. The first-order valence-corrected chi connectivity index (χ1v) is 7.56. The molecule has 2 aliphatic rings. The van der Waals surface area contributed by atoms with Gasteiger partial charge in [0, 0.05) is 36.8 Å². The van der Waals surface area contributed by atoms with E-state index in [-0.39, 0.29) is 17.8 Å². The normalized spacial score (nSPS) is 27.0. The Labute approximate surface area is 124 Å². The Morgan fingerprint density at radius 1 is 1.43 bits per heavy atom. The van der Waals surface area contributed by atoms with Crippen LogP contribution in [-0.2, 0) is 4.79 Å². The molecule has 2 unspecified atom stereocenters. The molecule has 2 saturated heterocycles. The number of aliphatic hydroxyl groups excluding tert-OH is 1. The molecule has 2 heterocycles. The third kappa shape index (κ3) is 2.88. The summed E-state index contributed by atoms with van der Waals surface area (Å²) in [5, 5.41) is 12.9. The van der Waals surface area contributed by atoms with Crippen molar-refractivity contribution in [2.45, 2.75) is 38.3 Å². The predicted molar refractivity (Wildman–Crippen MR) is 78.5 cm³/mol. The van der Waals surface area contributed by atoms with Gasteiger partial charge in [-0.15, -0.1) is 0 Å². The van der Waals surface area contributed by atoms with Gasteiger partial charge >= 0.3 is 0 Å². The summed E-state index contributed by atoms with van der Waals surface area (Å²) in [6.07, 6.45) is 1.69.